The number of urea groups is 1. The van der Waals surface area contributed by atoms with Crippen molar-refractivity contribution in [2.24, 2.45) is 11.7 Å². The first kappa shape index (κ1) is 18.2. The Labute approximate surface area is 132 Å². The number of hydrogen-bond donors (Lipinski definition) is 2. The molecule has 2 rings (SSSR count). The molecule has 0 aromatic heterocycles. The molecule has 3 N–H and O–H groups in total. The van der Waals surface area contributed by atoms with Crippen LogP contribution in [-0.4, -0.2) is 59.5 Å². The minimum Gasteiger partial charge on any atom is -0.329 e. The second kappa shape index (κ2) is 6.94. The molecule has 2 saturated heterocycles. The summed E-state index contributed by atoms with van der Waals surface area (Å²) in [5.74, 6) is 0.563. The number of imide groups is 1. The third kappa shape index (κ3) is 3.87. The van der Waals surface area contributed by atoms with Crippen molar-refractivity contribution >= 4 is 24.3 Å². The van der Waals surface area contributed by atoms with Crippen LogP contribution in [0.2, 0.25) is 0 Å². The highest BCUT2D eigenvalue weighted by Crippen LogP contribution is 2.22. The lowest BCUT2D eigenvalue weighted by atomic mass is 9.92. The Morgan fingerprint density at radius 3 is 2.52 bits per heavy atom. The molecule has 7 heteroatoms. The number of likely N-dealkylation sites (tertiary alicyclic amines) is 1. The summed E-state index contributed by atoms with van der Waals surface area (Å²) in [7, 11) is 0. The van der Waals surface area contributed by atoms with Crippen LogP contribution in [0, 0.1) is 5.92 Å². The van der Waals surface area contributed by atoms with Gasteiger partial charge in [-0.2, -0.15) is 0 Å². The molecule has 2 aliphatic heterocycles. The van der Waals surface area contributed by atoms with Crippen LogP contribution in [0.15, 0.2) is 0 Å². The van der Waals surface area contributed by atoms with Gasteiger partial charge in [-0.3, -0.25) is 14.6 Å². The topological polar surface area (TPSA) is 78.7 Å². The zero-order valence-electron chi connectivity index (χ0n) is 13.1. The first-order valence-electron chi connectivity index (χ1n) is 7.43. The summed E-state index contributed by atoms with van der Waals surface area (Å²) < 4.78 is 0. The summed E-state index contributed by atoms with van der Waals surface area (Å²) in [6.45, 7) is 8.51. The number of nitrogens with one attached hydrogen (secondary N) is 1. The van der Waals surface area contributed by atoms with Gasteiger partial charge in [-0.15, -0.1) is 12.4 Å². The number of carbonyl (C=O) groups is 2. The molecule has 2 aliphatic rings. The Bertz CT molecular complexity index is 402. The Morgan fingerprint density at radius 2 is 2.00 bits per heavy atom. The van der Waals surface area contributed by atoms with Gasteiger partial charge in [0.1, 0.15) is 5.54 Å². The summed E-state index contributed by atoms with van der Waals surface area (Å²) in [5, 5.41) is 2.71. The van der Waals surface area contributed by atoms with Gasteiger partial charge in [0, 0.05) is 25.7 Å². The van der Waals surface area contributed by atoms with Crippen LogP contribution in [0.25, 0.3) is 0 Å². The normalized spacial score (nSPS) is 29.2. The predicted molar refractivity (Wildman–Crippen MR) is 84.4 cm³/mol. The highest BCUT2D eigenvalue weighted by atomic mass is 35.5. The largest absolute Gasteiger partial charge is 0.329 e. The lowest BCUT2D eigenvalue weighted by Crippen LogP contribution is -2.49. The van der Waals surface area contributed by atoms with E-state index in [2.05, 4.69) is 17.1 Å². The van der Waals surface area contributed by atoms with E-state index < -0.39 is 5.54 Å². The van der Waals surface area contributed by atoms with E-state index in [9.17, 15) is 9.59 Å². The smallest absolute Gasteiger partial charge is 0.325 e. The highest BCUT2D eigenvalue weighted by molar-refractivity contribution is 6.06. The Kier molecular flexibility index (Phi) is 6.01. The van der Waals surface area contributed by atoms with Crippen LogP contribution in [0.3, 0.4) is 0 Å². The first-order valence-corrected chi connectivity index (χ1v) is 7.43. The number of amides is 3. The van der Waals surface area contributed by atoms with E-state index in [4.69, 9.17) is 5.73 Å². The standard InChI is InChI=1S/C14H26N4O2.ClH/c1-10-4-5-17(11(8-10)9-15)6-7-18-12(19)14(2,3)16-13(18)20;/h10-11H,4-9,15H2,1-3H3,(H,16,20);1H. The van der Waals surface area contributed by atoms with Crippen molar-refractivity contribution in [1.29, 1.82) is 0 Å². The molecule has 0 spiro atoms. The summed E-state index contributed by atoms with van der Waals surface area (Å²) in [6, 6.07) is 0.0854. The van der Waals surface area contributed by atoms with Gasteiger partial charge in [0.2, 0.25) is 0 Å². The zero-order chi connectivity index (χ0) is 14.9. The fourth-order valence-electron chi connectivity index (χ4n) is 3.09. The van der Waals surface area contributed by atoms with Gasteiger partial charge in [-0.25, -0.2) is 4.79 Å². The Hall–Kier alpha value is -0.850. The van der Waals surface area contributed by atoms with Gasteiger partial charge >= 0.3 is 6.03 Å². The van der Waals surface area contributed by atoms with Crippen LogP contribution in [0.4, 0.5) is 4.79 Å². The fraction of sp³-hybridized carbons (Fsp3) is 0.857. The molecule has 0 saturated carbocycles. The molecule has 0 aromatic carbocycles. The maximum absolute atomic E-state index is 12.1. The van der Waals surface area contributed by atoms with Crippen molar-refractivity contribution in [2.75, 3.05) is 26.2 Å². The fourth-order valence-corrected chi connectivity index (χ4v) is 3.09. The quantitative estimate of drug-likeness (QED) is 0.751. The van der Waals surface area contributed by atoms with Gasteiger partial charge in [-0.1, -0.05) is 6.92 Å². The van der Waals surface area contributed by atoms with Crippen LogP contribution in [0.5, 0.6) is 0 Å². The van der Waals surface area contributed by atoms with Crippen molar-refractivity contribution < 1.29 is 9.59 Å². The maximum Gasteiger partial charge on any atom is 0.325 e. The number of hydrogen-bond acceptors (Lipinski definition) is 4. The number of halogens is 1. The lowest BCUT2D eigenvalue weighted by molar-refractivity contribution is -0.130. The van der Waals surface area contributed by atoms with Crippen LogP contribution >= 0.6 is 12.4 Å². The minimum absolute atomic E-state index is 0. The Morgan fingerprint density at radius 1 is 1.33 bits per heavy atom. The van der Waals surface area contributed by atoms with Crippen LogP contribution < -0.4 is 11.1 Å². The lowest BCUT2D eigenvalue weighted by Gasteiger charge is -2.38. The van der Waals surface area contributed by atoms with Crippen molar-refractivity contribution in [3.8, 4) is 0 Å². The highest BCUT2D eigenvalue weighted by Gasteiger charge is 2.44. The summed E-state index contributed by atoms with van der Waals surface area (Å²) in [4.78, 5) is 27.6. The summed E-state index contributed by atoms with van der Waals surface area (Å²) in [5.41, 5.74) is 5.06. The van der Waals surface area contributed by atoms with Gasteiger partial charge in [0.05, 0.1) is 0 Å². The van der Waals surface area contributed by atoms with Crippen molar-refractivity contribution in [3.63, 3.8) is 0 Å². The second-order valence-electron chi connectivity index (χ2n) is 6.57. The average Bonchev–Trinajstić information content (AvgIpc) is 2.58. The molecule has 2 heterocycles. The van der Waals surface area contributed by atoms with Crippen molar-refractivity contribution in [2.45, 2.75) is 45.2 Å². The van der Waals surface area contributed by atoms with Gasteiger partial charge in [-0.05, 0) is 39.2 Å². The molecule has 0 radical (unpaired) electrons. The van der Waals surface area contributed by atoms with E-state index in [0.29, 0.717) is 31.6 Å². The van der Waals surface area contributed by atoms with E-state index in [0.717, 1.165) is 19.4 Å². The van der Waals surface area contributed by atoms with Gasteiger partial charge in [0.25, 0.3) is 5.91 Å². The van der Waals surface area contributed by atoms with E-state index in [1.165, 1.54) is 4.90 Å². The minimum atomic E-state index is -0.777. The van der Waals surface area contributed by atoms with Crippen LogP contribution in [-0.2, 0) is 4.79 Å². The maximum atomic E-state index is 12.1. The monoisotopic (exact) mass is 318 g/mol. The number of nitrogens with two attached hydrogens (primary N) is 1. The van der Waals surface area contributed by atoms with Crippen LogP contribution in [0.1, 0.15) is 33.6 Å². The molecule has 6 nitrogen and oxygen atoms in total. The van der Waals surface area contributed by atoms with Crippen molar-refractivity contribution in [3.05, 3.63) is 0 Å². The molecule has 122 valence electrons. The number of rotatable bonds is 4. The van der Waals surface area contributed by atoms with E-state index >= 15 is 0 Å². The molecule has 2 atom stereocenters. The van der Waals surface area contributed by atoms with Gasteiger partial charge in [0.15, 0.2) is 0 Å². The molecular formula is C14H27ClN4O2. The molecule has 21 heavy (non-hydrogen) atoms. The molecular weight excluding hydrogens is 292 g/mol. The zero-order valence-corrected chi connectivity index (χ0v) is 13.9. The van der Waals surface area contributed by atoms with E-state index in [1.807, 2.05) is 0 Å². The second-order valence-corrected chi connectivity index (χ2v) is 6.57. The molecule has 2 fully saturated rings. The third-order valence-corrected chi connectivity index (χ3v) is 4.43. The average molecular weight is 319 g/mol. The molecule has 0 bridgehead atoms. The summed E-state index contributed by atoms with van der Waals surface area (Å²) in [6.07, 6.45) is 2.25. The molecule has 0 aromatic rings. The third-order valence-electron chi connectivity index (χ3n) is 4.43. The first-order chi connectivity index (χ1) is 9.35. The molecule has 2 unspecified atom stereocenters. The van der Waals surface area contributed by atoms with Gasteiger partial charge < -0.3 is 11.1 Å². The molecule has 3 amide bonds. The predicted octanol–water partition coefficient (Wildman–Crippen LogP) is 0.798. The number of carbonyl (C=O) groups excluding carboxylic acids is 2. The van der Waals surface area contributed by atoms with E-state index in [-0.39, 0.29) is 24.3 Å². The molecule has 0 aliphatic carbocycles. The van der Waals surface area contributed by atoms with E-state index in [1.54, 1.807) is 13.8 Å². The number of nitrogens with zero attached hydrogens (tertiary/aromatic N) is 2. The summed E-state index contributed by atoms with van der Waals surface area (Å²) >= 11 is 0. The van der Waals surface area contributed by atoms with Crippen molar-refractivity contribution in [1.82, 2.24) is 15.1 Å². The SMILES string of the molecule is CC1CCN(CCN2C(=O)NC(C)(C)C2=O)C(CN)C1.Cl. The Balaban J connectivity index is 0.00000220. The number of piperidine rings is 1.